The Morgan fingerprint density at radius 1 is 1.11 bits per heavy atom. The minimum absolute atomic E-state index is 0.147. The van der Waals surface area contributed by atoms with Crippen LogP contribution in [0, 0.1) is 0 Å². The molecule has 7 heteroatoms. The molecule has 0 radical (unpaired) electrons. The van der Waals surface area contributed by atoms with E-state index in [2.05, 4.69) is 4.98 Å². The van der Waals surface area contributed by atoms with Gasteiger partial charge in [0.05, 0.1) is 17.1 Å². The molecule has 1 aromatic carbocycles. The van der Waals surface area contributed by atoms with Gasteiger partial charge in [0.2, 0.25) is 10.0 Å². The van der Waals surface area contributed by atoms with Crippen LogP contribution in [0.25, 0.3) is 0 Å². The molecular formula is C20H24N2O4S. The van der Waals surface area contributed by atoms with Crippen LogP contribution in [0.1, 0.15) is 41.6 Å². The van der Waals surface area contributed by atoms with Gasteiger partial charge >= 0.3 is 5.97 Å². The van der Waals surface area contributed by atoms with Crippen LogP contribution >= 0.6 is 0 Å². The van der Waals surface area contributed by atoms with E-state index in [1.165, 1.54) is 16.4 Å². The van der Waals surface area contributed by atoms with E-state index >= 15 is 0 Å². The molecule has 27 heavy (non-hydrogen) atoms. The van der Waals surface area contributed by atoms with E-state index in [9.17, 15) is 13.2 Å². The maximum Gasteiger partial charge on any atom is 0.338 e. The van der Waals surface area contributed by atoms with Gasteiger partial charge in [0, 0.05) is 25.5 Å². The lowest BCUT2D eigenvalue weighted by atomic mass is 10.2. The number of sulfonamides is 1. The van der Waals surface area contributed by atoms with Gasteiger partial charge in [-0.15, -0.1) is 0 Å². The number of piperidine rings is 1. The predicted octanol–water partition coefficient (Wildman–Crippen LogP) is 3.05. The number of aromatic nitrogens is 1. The van der Waals surface area contributed by atoms with Crippen molar-refractivity contribution in [3.8, 4) is 0 Å². The lowest BCUT2D eigenvalue weighted by Gasteiger charge is -2.25. The topological polar surface area (TPSA) is 76.6 Å². The van der Waals surface area contributed by atoms with Gasteiger partial charge in [0.15, 0.2) is 0 Å². The van der Waals surface area contributed by atoms with Crippen LogP contribution in [0.3, 0.4) is 0 Å². The standard InChI is InChI=1S/C20H24N2O4S/c23-20(26-14-6-8-17-7-5-11-21-16-17)18-9-4-10-19(15-18)27(24,25)22-12-2-1-3-13-22/h4-5,7,9-11,15-16H,1-3,6,8,12-14H2. The van der Waals surface area contributed by atoms with Gasteiger partial charge in [-0.05, 0) is 55.5 Å². The van der Waals surface area contributed by atoms with Crippen molar-refractivity contribution in [1.82, 2.24) is 9.29 Å². The Labute approximate surface area is 160 Å². The van der Waals surface area contributed by atoms with Crippen LogP contribution in [0.15, 0.2) is 53.7 Å². The van der Waals surface area contributed by atoms with Gasteiger partial charge in [-0.1, -0.05) is 18.6 Å². The van der Waals surface area contributed by atoms with E-state index in [-0.39, 0.29) is 17.1 Å². The van der Waals surface area contributed by atoms with Gasteiger partial charge in [-0.2, -0.15) is 4.31 Å². The Balaban J connectivity index is 1.58. The highest BCUT2D eigenvalue weighted by Crippen LogP contribution is 2.21. The zero-order valence-corrected chi connectivity index (χ0v) is 16.0. The van der Waals surface area contributed by atoms with Crippen molar-refractivity contribution in [3.63, 3.8) is 0 Å². The van der Waals surface area contributed by atoms with Gasteiger partial charge in [-0.3, -0.25) is 4.98 Å². The largest absolute Gasteiger partial charge is 0.462 e. The summed E-state index contributed by atoms with van der Waals surface area (Å²) in [5, 5.41) is 0. The molecule has 2 aromatic rings. The van der Waals surface area contributed by atoms with E-state index in [1.54, 1.807) is 24.5 Å². The molecule has 3 rings (SSSR count). The number of rotatable bonds is 7. The summed E-state index contributed by atoms with van der Waals surface area (Å²) in [6, 6.07) is 9.96. The quantitative estimate of drug-likeness (QED) is 0.538. The van der Waals surface area contributed by atoms with Gasteiger partial charge in [0.1, 0.15) is 0 Å². The fraction of sp³-hybridized carbons (Fsp3) is 0.400. The number of carbonyl (C=O) groups is 1. The Morgan fingerprint density at radius 2 is 1.93 bits per heavy atom. The number of hydrogen-bond acceptors (Lipinski definition) is 5. The van der Waals surface area contributed by atoms with Crippen molar-refractivity contribution in [1.29, 1.82) is 0 Å². The number of pyridine rings is 1. The van der Waals surface area contributed by atoms with Crippen LogP contribution in [0.5, 0.6) is 0 Å². The molecule has 0 N–H and O–H groups in total. The van der Waals surface area contributed by atoms with Crippen molar-refractivity contribution in [2.75, 3.05) is 19.7 Å². The molecule has 1 saturated heterocycles. The summed E-state index contributed by atoms with van der Waals surface area (Å²) in [7, 11) is -3.56. The van der Waals surface area contributed by atoms with Crippen molar-refractivity contribution in [2.24, 2.45) is 0 Å². The molecule has 6 nitrogen and oxygen atoms in total. The maximum atomic E-state index is 12.7. The molecule has 2 heterocycles. The average Bonchev–Trinajstić information content (AvgIpc) is 2.72. The highest BCUT2D eigenvalue weighted by atomic mass is 32.2. The zero-order valence-electron chi connectivity index (χ0n) is 15.2. The smallest absolute Gasteiger partial charge is 0.338 e. The van der Waals surface area contributed by atoms with E-state index in [1.807, 2.05) is 12.1 Å². The number of ether oxygens (including phenoxy) is 1. The minimum atomic E-state index is -3.56. The normalized spacial score (nSPS) is 15.4. The first-order valence-corrected chi connectivity index (χ1v) is 10.7. The zero-order chi connectivity index (χ0) is 19.1. The summed E-state index contributed by atoms with van der Waals surface area (Å²) in [5.74, 6) is -0.503. The number of carbonyl (C=O) groups excluding carboxylic acids is 1. The van der Waals surface area contributed by atoms with Gasteiger partial charge < -0.3 is 4.74 Å². The molecule has 1 fully saturated rings. The number of esters is 1. The second-order valence-corrected chi connectivity index (χ2v) is 8.53. The van der Waals surface area contributed by atoms with Gasteiger partial charge in [0.25, 0.3) is 0 Å². The first-order valence-electron chi connectivity index (χ1n) is 9.23. The molecule has 1 aliphatic heterocycles. The second-order valence-electron chi connectivity index (χ2n) is 6.59. The highest BCUT2D eigenvalue weighted by molar-refractivity contribution is 7.89. The Morgan fingerprint density at radius 3 is 2.67 bits per heavy atom. The molecular weight excluding hydrogens is 364 g/mol. The molecule has 1 aliphatic rings. The van der Waals surface area contributed by atoms with Crippen molar-refractivity contribution in [2.45, 2.75) is 37.0 Å². The third-order valence-corrected chi connectivity index (χ3v) is 6.48. The molecule has 0 amide bonds. The Hall–Kier alpha value is -2.25. The third kappa shape index (κ3) is 5.14. The summed E-state index contributed by atoms with van der Waals surface area (Å²) in [5.41, 5.74) is 1.35. The molecule has 1 aromatic heterocycles. The summed E-state index contributed by atoms with van der Waals surface area (Å²) in [6.07, 6.45) is 7.76. The predicted molar refractivity (Wildman–Crippen MR) is 102 cm³/mol. The molecule has 0 saturated carbocycles. The molecule has 0 atom stereocenters. The molecule has 0 spiro atoms. The fourth-order valence-corrected chi connectivity index (χ4v) is 4.67. The van der Waals surface area contributed by atoms with Crippen LogP contribution in [0.2, 0.25) is 0 Å². The second kappa shape index (κ2) is 9.10. The number of benzene rings is 1. The molecule has 0 aliphatic carbocycles. The lowest BCUT2D eigenvalue weighted by Crippen LogP contribution is -2.35. The van der Waals surface area contributed by atoms with E-state index < -0.39 is 16.0 Å². The summed E-state index contributed by atoms with van der Waals surface area (Å²) in [6.45, 7) is 1.34. The third-order valence-electron chi connectivity index (χ3n) is 4.59. The lowest BCUT2D eigenvalue weighted by molar-refractivity contribution is 0.0500. The van der Waals surface area contributed by atoms with Crippen LogP contribution < -0.4 is 0 Å². The van der Waals surface area contributed by atoms with Crippen LogP contribution in [-0.4, -0.2) is 43.4 Å². The first kappa shape index (κ1) is 19.5. The first-order chi connectivity index (χ1) is 13.1. The molecule has 0 unspecified atom stereocenters. The average molecular weight is 388 g/mol. The Bertz CT molecular complexity index is 863. The molecule has 0 bridgehead atoms. The monoisotopic (exact) mass is 388 g/mol. The SMILES string of the molecule is O=C(OCCCc1cccnc1)c1cccc(S(=O)(=O)N2CCCCC2)c1. The molecule has 144 valence electrons. The maximum absolute atomic E-state index is 12.7. The van der Waals surface area contributed by atoms with E-state index in [0.717, 1.165) is 31.2 Å². The van der Waals surface area contributed by atoms with Crippen LogP contribution in [-0.2, 0) is 21.2 Å². The van der Waals surface area contributed by atoms with E-state index in [4.69, 9.17) is 4.74 Å². The van der Waals surface area contributed by atoms with Gasteiger partial charge in [-0.25, -0.2) is 13.2 Å². The summed E-state index contributed by atoms with van der Waals surface area (Å²) < 4.78 is 32.3. The van der Waals surface area contributed by atoms with E-state index in [0.29, 0.717) is 19.5 Å². The van der Waals surface area contributed by atoms with Crippen LogP contribution in [0.4, 0.5) is 0 Å². The van der Waals surface area contributed by atoms with Crippen molar-refractivity contribution in [3.05, 3.63) is 59.9 Å². The van der Waals surface area contributed by atoms with Crippen molar-refractivity contribution >= 4 is 16.0 Å². The number of nitrogens with zero attached hydrogens (tertiary/aromatic N) is 2. The minimum Gasteiger partial charge on any atom is -0.462 e. The number of aryl methyl sites for hydroxylation is 1. The fourth-order valence-electron chi connectivity index (χ4n) is 3.11. The Kier molecular flexibility index (Phi) is 6.58. The number of hydrogen-bond donors (Lipinski definition) is 0. The summed E-state index contributed by atoms with van der Waals surface area (Å²) in [4.78, 5) is 16.5. The highest BCUT2D eigenvalue weighted by Gasteiger charge is 2.26. The summed E-state index contributed by atoms with van der Waals surface area (Å²) >= 11 is 0. The van der Waals surface area contributed by atoms with Crippen molar-refractivity contribution < 1.29 is 17.9 Å².